The highest BCUT2D eigenvalue weighted by Gasteiger charge is 2.42. The maximum absolute atomic E-state index is 14.0. The Morgan fingerprint density at radius 3 is 1.16 bits per heavy atom. The summed E-state index contributed by atoms with van der Waals surface area (Å²) in [6.45, 7) is 11.1. The van der Waals surface area contributed by atoms with Gasteiger partial charge < -0.3 is 164 Å². The molecule has 140 heavy (non-hydrogen) atoms. The van der Waals surface area contributed by atoms with E-state index < -0.39 is 334 Å². The first-order valence-corrected chi connectivity index (χ1v) is 45.0. The molecule has 55 nitrogen and oxygen atoms in total. The van der Waals surface area contributed by atoms with Gasteiger partial charge in [-0.2, -0.15) is 0 Å². The number of aromatic nitrogens is 2. The van der Waals surface area contributed by atoms with Crippen LogP contribution in [0.25, 0.3) is 0 Å². The summed E-state index contributed by atoms with van der Waals surface area (Å²) in [6.07, 6.45) is -4.11. The van der Waals surface area contributed by atoms with Crippen LogP contribution in [0, 0.1) is 23.7 Å². The van der Waals surface area contributed by atoms with Crippen molar-refractivity contribution in [2.24, 2.45) is 40.9 Å². The van der Waals surface area contributed by atoms with Crippen molar-refractivity contribution in [1.29, 1.82) is 0 Å². The summed E-state index contributed by atoms with van der Waals surface area (Å²) in [5.74, 6) is -30.4. The summed E-state index contributed by atoms with van der Waals surface area (Å²) in [5.41, 5.74) is 17.8. The van der Waals surface area contributed by atoms with Crippen LogP contribution in [0.15, 0.2) is 42.9 Å². The minimum Gasteiger partial charge on any atom is -0.481 e. The number of hydrogen-bond donors (Lipinski definition) is 31. The number of nitrogens with two attached hydrogens (primary N) is 3. The molecule has 2 aromatic rings. The molecule has 20 amide bonds. The molecule has 782 valence electrons. The van der Waals surface area contributed by atoms with Crippen LogP contribution in [-0.2, 0) is 123 Å². The molecule has 0 radical (unpaired) electrons. The average molecular weight is 1990 g/mol. The number of carboxylic acid groups (broad SMARTS) is 3. The second-order valence-electron chi connectivity index (χ2n) is 33.7. The lowest BCUT2D eigenvalue weighted by molar-refractivity contribution is -0.144. The summed E-state index contributed by atoms with van der Waals surface area (Å²) in [7, 11) is 0. The van der Waals surface area contributed by atoms with E-state index in [1.165, 1.54) is 26.4 Å². The van der Waals surface area contributed by atoms with Crippen molar-refractivity contribution in [2.45, 2.75) is 269 Å². The largest absolute Gasteiger partial charge is 0.481 e. The number of hydrogen-bond acceptors (Lipinski definition) is 31. The van der Waals surface area contributed by atoms with Crippen molar-refractivity contribution in [3.05, 3.63) is 54.1 Å². The molecule has 0 aliphatic rings. The molecular weight excluding hydrogens is 1850 g/mol. The molecule has 2 rings (SSSR count). The van der Waals surface area contributed by atoms with Gasteiger partial charge in [-0.1, -0.05) is 105 Å². The second kappa shape index (κ2) is 62.0. The van der Waals surface area contributed by atoms with Crippen LogP contribution in [0.2, 0.25) is 0 Å². The van der Waals surface area contributed by atoms with Gasteiger partial charge in [0.15, 0.2) is 0 Å². The first-order chi connectivity index (χ1) is 65.7. The maximum Gasteiger partial charge on any atom is 0.325 e. The number of aliphatic carboxylic acids is 3. The molecule has 0 spiro atoms. The highest BCUT2D eigenvalue weighted by molar-refractivity contribution is 6.03. The number of primary amides is 1. The van der Waals surface area contributed by atoms with Gasteiger partial charge in [0.05, 0.1) is 89.0 Å². The van der Waals surface area contributed by atoms with Crippen molar-refractivity contribution >= 4 is 136 Å². The molecule has 0 aliphatic carbocycles. The Morgan fingerprint density at radius 1 is 0.364 bits per heavy atom. The Hall–Kier alpha value is -14.0. The van der Waals surface area contributed by atoms with Gasteiger partial charge in [0, 0.05) is 19.0 Å². The van der Waals surface area contributed by atoms with E-state index in [-0.39, 0.29) is 56.7 Å². The normalized spacial score (nSPS) is 15.8. The molecule has 1 heterocycles. The summed E-state index contributed by atoms with van der Waals surface area (Å²) in [4.78, 5) is 314. The van der Waals surface area contributed by atoms with Crippen molar-refractivity contribution in [3.8, 4) is 0 Å². The van der Waals surface area contributed by atoms with Crippen LogP contribution in [0.3, 0.4) is 0 Å². The number of rotatable bonds is 65. The fourth-order valence-corrected chi connectivity index (χ4v) is 12.9. The standard InChI is InChI=1S/C85H136N24O31/c1-13-39(6)63(88)79(133)105-64(38(4)5)81(135)101-49(25-46-21-17-16-18-22-46)73(127)103-55(35-111)77(131)109-68(45(12)114)84(138)104-56(36-112)78(132)108-67(44(11)113)80(134)92-33-59(117)96-48(23-19-20-24-86)72(126)102-54(34-110)71(125)91-31-58(116)94-42(9)69(123)98-50(26-47-30-89-37-93-47)70(124)90-32-60(118)97-51(27-57(87)115)74(128)99-52(28-61(119)120)75(129)100-53(29-62(121)122)76(130)106-66(41(8)15-3)83(137)107-65(40(7)14-2)82(136)95-43(10)85(139)140/h16-18,21-22,30,37-45,48-56,63-68,110-114H,13-15,19-20,23-29,31-36,86,88H2,1-12H3,(H2,87,115)(H,89,93)(H,90,124)(H,91,125)(H,92,134)(H,94,116)(H,95,136)(H,96,117)(H,97,118)(H,98,123)(H,99,128)(H,100,129)(H,101,135)(H,102,126)(H,103,127)(H,104,138)(H,105,133)(H,106,130)(H,107,137)(H,108,132)(H,109,131)(H,119,120)(H,121,122)(H,139,140)/t39-,40-,41-,42-,43-,44+,45+,48-,49-,50-,51-,52-,53-,54-,55-,56-,63-,64-,65-,66-,67-,68-/m0/s1. The van der Waals surface area contributed by atoms with Crippen molar-refractivity contribution in [1.82, 2.24) is 111 Å². The number of nitrogens with one attached hydrogen (secondary N) is 20. The van der Waals surface area contributed by atoms with E-state index in [0.717, 1.165) is 20.8 Å². The van der Waals surface area contributed by atoms with Gasteiger partial charge in [0.2, 0.25) is 118 Å². The number of imidazole rings is 1. The van der Waals surface area contributed by atoms with Crippen LogP contribution in [-0.4, -0.2) is 348 Å². The summed E-state index contributed by atoms with van der Waals surface area (Å²) >= 11 is 0. The van der Waals surface area contributed by atoms with Gasteiger partial charge in [-0.25, -0.2) is 4.98 Å². The SMILES string of the molecule is CC[C@H](C)[C@H](N)C(=O)N[C@H](C(=O)N[C@@H](Cc1ccccc1)C(=O)N[C@@H](CO)C(=O)N[C@H](C(=O)N[C@@H](CO)C(=O)N[C@H](C(=O)NCC(=O)N[C@@H](CCCCN)C(=O)N[C@@H](CO)C(=O)NCC(=O)N[C@@H](C)C(=O)N[C@@H](Cc1c[nH]cn1)C(=O)NCC(=O)N[C@@H](CC(N)=O)C(=O)N[C@@H](CC(=O)O)C(=O)N[C@@H](CC(=O)O)C(=O)N[C@H](C(=O)N[C@H](C(=O)N[C@@H](C)C(=O)O)[C@@H](C)CC)[C@@H](C)CC)[C@@H](C)O)[C@@H](C)O)C(C)C. The number of H-pyrrole nitrogens is 1. The lowest BCUT2D eigenvalue weighted by Crippen LogP contribution is -2.63. The molecule has 0 aliphatic heterocycles. The molecule has 0 saturated carbocycles. The van der Waals surface area contributed by atoms with Gasteiger partial charge in [-0.05, 0) is 82.7 Å². The molecule has 55 heteroatoms. The van der Waals surface area contributed by atoms with Gasteiger partial charge in [0.1, 0.15) is 96.7 Å². The number of carbonyl (C=O) groups is 23. The van der Waals surface area contributed by atoms with Gasteiger partial charge in [-0.15, -0.1) is 0 Å². The van der Waals surface area contributed by atoms with Crippen LogP contribution in [0.5, 0.6) is 0 Å². The zero-order valence-corrected chi connectivity index (χ0v) is 79.7. The number of carboxylic acids is 3. The van der Waals surface area contributed by atoms with E-state index >= 15 is 0 Å². The quantitative estimate of drug-likeness (QED) is 0.0274. The molecule has 0 saturated heterocycles. The first kappa shape index (κ1) is 122. The monoisotopic (exact) mass is 1990 g/mol. The molecule has 34 N–H and O–H groups in total. The molecule has 0 unspecified atom stereocenters. The Morgan fingerprint density at radius 2 is 0.721 bits per heavy atom. The third-order valence-electron chi connectivity index (χ3n) is 21.9. The van der Waals surface area contributed by atoms with E-state index in [0.29, 0.717) is 12.0 Å². The number of aliphatic hydroxyl groups excluding tert-OH is 5. The lowest BCUT2D eigenvalue weighted by Gasteiger charge is -2.30. The molecule has 1 aromatic carbocycles. The Labute approximate surface area is 804 Å². The summed E-state index contributed by atoms with van der Waals surface area (Å²) in [6, 6.07) is -20.7. The van der Waals surface area contributed by atoms with Crippen molar-refractivity contribution in [3.63, 3.8) is 0 Å². The van der Waals surface area contributed by atoms with E-state index in [9.17, 15) is 151 Å². The van der Waals surface area contributed by atoms with Crippen LogP contribution in [0.4, 0.5) is 0 Å². The number of amides is 20. The van der Waals surface area contributed by atoms with Crippen molar-refractivity contribution in [2.75, 3.05) is 46.0 Å². The Balaban J connectivity index is 2.19. The van der Waals surface area contributed by atoms with E-state index in [4.69, 9.17) is 17.2 Å². The number of benzene rings is 1. The van der Waals surface area contributed by atoms with Gasteiger partial charge in [0.25, 0.3) is 0 Å². The van der Waals surface area contributed by atoms with Crippen molar-refractivity contribution < 1.29 is 151 Å². The van der Waals surface area contributed by atoms with Gasteiger partial charge >= 0.3 is 17.9 Å². The highest BCUT2D eigenvalue weighted by atomic mass is 16.4. The third-order valence-corrected chi connectivity index (χ3v) is 21.9. The fourth-order valence-electron chi connectivity index (χ4n) is 12.9. The zero-order chi connectivity index (χ0) is 106. The summed E-state index contributed by atoms with van der Waals surface area (Å²) in [5, 5.41) is 124. The zero-order valence-electron chi connectivity index (χ0n) is 79.7. The predicted molar refractivity (Wildman–Crippen MR) is 488 cm³/mol. The number of unbranched alkanes of at least 4 members (excludes halogenated alkanes) is 1. The van der Waals surface area contributed by atoms with E-state index in [2.05, 4.69) is 100 Å². The third kappa shape index (κ3) is 42.9. The average Bonchev–Trinajstić information content (AvgIpc) is 1.18. The number of aliphatic hydroxyl groups is 5. The van der Waals surface area contributed by atoms with E-state index in [1.807, 2.05) is 17.6 Å². The van der Waals surface area contributed by atoms with Crippen LogP contribution < -0.4 is 118 Å². The van der Waals surface area contributed by atoms with Gasteiger partial charge in [-0.3, -0.25) is 110 Å². The smallest absolute Gasteiger partial charge is 0.325 e. The Kier molecular flexibility index (Phi) is 54.1. The molecular formula is C85H136N24O31. The fraction of sp³-hybridized carbons (Fsp3) is 0.624. The maximum atomic E-state index is 14.0. The molecule has 22 atom stereocenters. The number of nitrogens with zero attached hydrogens (tertiary/aromatic N) is 1. The minimum atomic E-state index is -2.24. The minimum absolute atomic E-state index is 0.0911. The van der Waals surface area contributed by atoms with Crippen LogP contribution >= 0.6 is 0 Å². The molecule has 1 aromatic heterocycles. The summed E-state index contributed by atoms with van der Waals surface area (Å²) < 4.78 is 0. The Bertz CT molecular complexity index is 4570. The predicted octanol–water partition coefficient (Wildman–Crippen LogP) is -12.8. The number of carbonyl (C=O) groups excluding carboxylic acids is 20. The highest BCUT2D eigenvalue weighted by Crippen LogP contribution is 2.17. The topological polar surface area (TPSA) is 890 Å². The lowest BCUT2D eigenvalue weighted by atomic mass is 9.94. The molecule has 0 fully saturated rings. The second-order valence-corrected chi connectivity index (χ2v) is 33.7. The van der Waals surface area contributed by atoms with Crippen LogP contribution in [0.1, 0.15) is 152 Å². The number of aromatic amines is 1. The molecule has 0 bridgehead atoms. The first-order valence-electron chi connectivity index (χ1n) is 45.0. The van der Waals surface area contributed by atoms with E-state index in [1.54, 1.807) is 71.9 Å².